The molecule has 0 aliphatic carbocycles. The molecule has 2 heterocycles. The van der Waals surface area contributed by atoms with Crippen LogP contribution in [0.1, 0.15) is 17.1 Å². The Morgan fingerprint density at radius 1 is 1.24 bits per heavy atom. The van der Waals surface area contributed by atoms with Crippen molar-refractivity contribution in [3.63, 3.8) is 0 Å². The molecule has 1 aromatic carbocycles. The summed E-state index contributed by atoms with van der Waals surface area (Å²) in [5, 5.41) is 0.707. The highest BCUT2D eigenvalue weighted by molar-refractivity contribution is 6.31. The van der Waals surface area contributed by atoms with Gasteiger partial charge in [0, 0.05) is 23.5 Å². The van der Waals surface area contributed by atoms with Crippen molar-refractivity contribution in [2.75, 3.05) is 5.88 Å². The Hall–Kier alpha value is -1.58. The lowest BCUT2D eigenvalue weighted by Crippen LogP contribution is -2.08. The van der Waals surface area contributed by atoms with Crippen LogP contribution < -0.4 is 0 Å². The summed E-state index contributed by atoms with van der Waals surface area (Å²) in [4.78, 5) is 9.13. The number of nitrogens with zero attached hydrogens (tertiary/aromatic N) is 3. The minimum absolute atomic E-state index is 0.540. The molecule has 0 saturated carbocycles. The second-order valence-electron chi connectivity index (χ2n) is 4.95. The average molecular weight is 320 g/mol. The van der Waals surface area contributed by atoms with Crippen molar-refractivity contribution >= 4 is 34.2 Å². The number of benzene rings is 1. The summed E-state index contributed by atoms with van der Waals surface area (Å²) in [6, 6.07) is 9.76. The molecule has 0 fully saturated rings. The molecule has 0 radical (unpaired) electrons. The molecule has 0 aliphatic heterocycles. The van der Waals surface area contributed by atoms with Crippen LogP contribution in [0.4, 0.5) is 0 Å². The third-order valence-electron chi connectivity index (χ3n) is 3.53. The highest BCUT2D eigenvalue weighted by Gasteiger charge is 2.12. The van der Waals surface area contributed by atoms with Gasteiger partial charge in [0.15, 0.2) is 0 Å². The molecule has 5 heteroatoms. The average Bonchev–Trinajstić information content (AvgIpc) is 2.79. The number of aryl methyl sites for hydroxylation is 2. The molecule has 0 saturated heterocycles. The van der Waals surface area contributed by atoms with Crippen molar-refractivity contribution in [2.24, 2.45) is 0 Å². The van der Waals surface area contributed by atoms with Gasteiger partial charge in [-0.05, 0) is 36.8 Å². The molecule has 21 heavy (non-hydrogen) atoms. The minimum Gasteiger partial charge on any atom is -0.322 e. The summed E-state index contributed by atoms with van der Waals surface area (Å²) < 4.78 is 2.15. The first-order valence-electron chi connectivity index (χ1n) is 6.80. The number of pyridine rings is 1. The summed E-state index contributed by atoms with van der Waals surface area (Å²) in [6.07, 6.45) is 2.54. The predicted octanol–water partition coefficient (Wildman–Crippen LogP) is 4.22. The van der Waals surface area contributed by atoms with Gasteiger partial charge in [0.05, 0.1) is 23.3 Å². The molecule has 108 valence electrons. The summed E-state index contributed by atoms with van der Waals surface area (Å²) in [7, 11) is 0. The molecule has 0 N–H and O–H groups in total. The molecule has 0 amide bonds. The van der Waals surface area contributed by atoms with Crippen LogP contribution in [-0.2, 0) is 13.0 Å². The molecule has 2 aromatic heterocycles. The lowest BCUT2D eigenvalue weighted by atomic mass is 10.2. The number of hydrogen-bond acceptors (Lipinski definition) is 2. The minimum atomic E-state index is 0.540. The van der Waals surface area contributed by atoms with Crippen LogP contribution in [0.15, 0.2) is 36.5 Å². The van der Waals surface area contributed by atoms with Crippen LogP contribution in [0.2, 0.25) is 5.02 Å². The Balaban J connectivity index is 2.12. The Morgan fingerprint density at radius 3 is 2.86 bits per heavy atom. The Bertz CT molecular complexity index is 780. The number of hydrogen-bond donors (Lipinski definition) is 0. The lowest BCUT2D eigenvalue weighted by molar-refractivity contribution is 0.733. The van der Waals surface area contributed by atoms with Gasteiger partial charge in [0.1, 0.15) is 5.82 Å². The number of halogens is 2. The van der Waals surface area contributed by atoms with E-state index >= 15 is 0 Å². The Labute approximate surface area is 133 Å². The van der Waals surface area contributed by atoms with Gasteiger partial charge in [-0.3, -0.25) is 4.98 Å². The molecule has 0 atom stereocenters. The smallest absolute Gasteiger partial charge is 0.111 e. The SMILES string of the molecule is Cc1cccnc1Cn1c(CCCl)nc2ccc(Cl)cc21. The maximum Gasteiger partial charge on any atom is 0.111 e. The second-order valence-corrected chi connectivity index (χ2v) is 5.77. The van der Waals surface area contributed by atoms with Gasteiger partial charge in [0.25, 0.3) is 0 Å². The van der Waals surface area contributed by atoms with E-state index in [1.54, 1.807) is 0 Å². The predicted molar refractivity (Wildman–Crippen MR) is 87.2 cm³/mol. The quantitative estimate of drug-likeness (QED) is 0.674. The third-order valence-corrected chi connectivity index (χ3v) is 3.96. The molecular formula is C16H15Cl2N3. The molecule has 3 aromatic rings. The summed E-state index contributed by atoms with van der Waals surface area (Å²) >= 11 is 12.0. The van der Waals surface area contributed by atoms with Crippen LogP contribution in [0, 0.1) is 6.92 Å². The van der Waals surface area contributed by atoms with Crippen LogP contribution in [0.3, 0.4) is 0 Å². The standard InChI is InChI=1S/C16H15Cl2N3/c1-11-3-2-8-19-14(11)10-21-15-9-12(18)4-5-13(15)20-16(21)6-7-17/h2-5,8-9H,6-7,10H2,1H3. The van der Waals surface area contributed by atoms with Gasteiger partial charge in [-0.25, -0.2) is 4.98 Å². The van der Waals surface area contributed by atoms with Gasteiger partial charge >= 0.3 is 0 Å². The lowest BCUT2D eigenvalue weighted by Gasteiger charge is -2.10. The van der Waals surface area contributed by atoms with E-state index in [-0.39, 0.29) is 0 Å². The van der Waals surface area contributed by atoms with Gasteiger partial charge < -0.3 is 4.57 Å². The fourth-order valence-corrected chi connectivity index (χ4v) is 2.77. The fraction of sp³-hybridized carbons (Fsp3) is 0.250. The fourth-order valence-electron chi connectivity index (χ4n) is 2.43. The number of imidazole rings is 1. The first kappa shape index (κ1) is 14.4. The Morgan fingerprint density at radius 2 is 2.10 bits per heavy atom. The molecule has 3 nitrogen and oxygen atoms in total. The number of fused-ring (bicyclic) bond motifs is 1. The molecule has 3 rings (SSSR count). The second kappa shape index (κ2) is 6.04. The number of aromatic nitrogens is 3. The zero-order chi connectivity index (χ0) is 14.8. The summed E-state index contributed by atoms with van der Waals surface area (Å²) in [5.74, 6) is 1.51. The van der Waals surface area contributed by atoms with Crippen molar-refractivity contribution in [3.05, 3.63) is 58.6 Å². The van der Waals surface area contributed by atoms with Crippen molar-refractivity contribution in [1.82, 2.24) is 14.5 Å². The van der Waals surface area contributed by atoms with Crippen LogP contribution in [0.5, 0.6) is 0 Å². The summed E-state index contributed by atoms with van der Waals surface area (Å²) in [6.45, 7) is 2.74. The molecule has 0 bridgehead atoms. The first-order chi connectivity index (χ1) is 10.2. The van der Waals surface area contributed by atoms with Gasteiger partial charge in [-0.1, -0.05) is 17.7 Å². The normalized spacial score (nSPS) is 11.2. The molecular weight excluding hydrogens is 305 g/mol. The van der Waals surface area contributed by atoms with Crippen molar-refractivity contribution in [3.8, 4) is 0 Å². The van der Waals surface area contributed by atoms with Gasteiger partial charge in [-0.15, -0.1) is 11.6 Å². The highest BCUT2D eigenvalue weighted by Crippen LogP contribution is 2.22. The van der Waals surface area contributed by atoms with E-state index in [9.17, 15) is 0 Å². The van der Waals surface area contributed by atoms with Gasteiger partial charge in [-0.2, -0.15) is 0 Å². The maximum absolute atomic E-state index is 6.13. The third kappa shape index (κ3) is 2.89. The largest absolute Gasteiger partial charge is 0.322 e. The van der Waals surface area contributed by atoms with E-state index in [2.05, 4.69) is 27.5 Å². The van der Waals surface area contributed by atoms with Crippen molar-refractivity contribution in [2.45, 2.75) is 19.9 Å². The Kier molecular flexibility index (Phi) is 4.13. The number of alkyl halides is 1. The monoisotopic (exact) mass is 319 g/mol. The topological polar surface area (TPSA) is 30.7 Å². The molecule has 0 spiro atoms. The van der Waals surface area contributed by atoms with Crippen LogP contribution in [-0.4, -0.2) is 20.4 Å². The van der Waals surface area contributed by atoms with Crippen molar-refractivity contribution in [1.29, 1.82) is 0 Å². The van der Waals surface area contributed by atoms with E-state index in [4.69, 9.17) is 23.2 Å². The van der Waals surface area contributed by atoms with E-state index in [1.165, 1.54) is 5.56 Å². The molecule has 0 unspecified atom stereocenters. The zero-order valence-electron chi connectivity index (χ0n) is 11.7. The number of rotatable bonds is 4. The van der Waals surface area contributed by atoms with Gasteiger partial charge in [0.2, 0.25) is 0 Å². The first-order valence-corrected chi connectivity index (χ1v) is 7.71. The van der Waals surface area contributed by atoms with E-state index in [1.807, 2.05) is 30.5 Å². The maximum atomic E-state index is 6.13. The van der Waals surface area contributed by atoms with Crippen LogP contribution >= 0.6 is 23.2 Å². The van der Waals surface area contributed by atoms with Crippen molar-refractivity contribution < 1.29 is 0 Å². The molecule has 0 aliphatic rings. The van der Waals surface area contributed by atoms with E-state index < -0.39 is 0 Å². The van der Waals surface area contributed by atoms with E-state index in [0.717, 1.165) is 29.0 Å². The zero-order valence-corrected chi connectivity index (χ0v) is 13.2. The van der Waals surface area contributed by atoms with Crippen LogP contribution in [0.25, 0.3) is 11.0 Å². The summed E-state index contributed by atoms with van der Waals surface area (Å²) in [5.41, 5.74) is 4.16. The highest BCUT2D eigenvalue weighted by atomic mass is 35.5. The van der Waals surface area contributed by atoms with E-state index in [0.29, 0.717) is 17.4 Å².